The van der Waals surface area contributed by atoms with Gasteiger partial charge in [-0.25, -0.2) is 0 Å². The van der Waals surface area contributed by atoms with Gasteiger partial charge < -0.3 is 29.2 Å². The molecule has 3 rings (SSSR count). The van der Waals surface area contributed by atoms with Gasteiger partial charge in [0.1, 0.15) is 5.75 Å². The average Bonchev–Trinajstić information content (AvgIpc) is 2.84. The van der Waals surface area contributed by atoms with Crippen molar-refractivity contribution in [2.45, 2.75) is 6.04 Å². The van der Waals surface area contributed by atoms with Crippen molar-refractivity contribution in [3.05, 3.63) is 47.5 Å². The second kappa shape index (κ2) is 11.1. The van der Waals surface area contributed by atoms with Crippen LogP contribution in [0, 0.1) is 0 Å². The number of hydrogen-bond donors (Lipinski definition) is 1. The minimum atomic E-state index is -0.197. The number of nitrogens with zero attached hydrogens (tertiary/aromatic N) is 2. The van der Waals surface area contributed by atoms with Gasteiger partial charge in [0, 0.05) is 38.3 Å². The largest absolute Gasteiger partial charge is 0.497 e. The molecule has 8 nitrogen and oxygen atoms in total. The van der Waals surface area contributed by atoms with E-state index < -0.39 is 0 Å². The first-order valence-corrected chi connectivity index (χ1v) is 10.7. The van der Waals surface area contributed by atoms with Gasteiger partial charge in [0.2, 0.25) is 5.75 Å². The molecular formula is C24H33N3O5. The van der Waals surface area contributed by atoms with Gasteiger partial charge in [0.05, 0.1) is 34.5 Å². The van der Waals surface area contributed by atoms with Crippen LogP contribution in [0.15, 0.2) is 36.4 Å². The number of piperazine rings is 1. The minimum Gasteiger partial charge on any atom is -0.497 e. The van der Waals surface area contributed by atoms with Gasteiger partial charge in [0.15, 0.2) is 11.5 Å². The molecule has 0 saturated carbocycles. The Morgan fingerprint density at radius 3 is 2.00 bits per heavy atom. The lowest BCUT2D eigenvalue weighted by atomic mass is 10.0. The third kappa shape index (κ3) is 5.44. The van der Waals surface area contributed by atoms with Crippen LogP contribution in [-0.2, 0) is 0 Å². The van der Waals surface area contributed by atoms with Crippen LogP contribution < -0.4 is 24.3 Å². The summed E-state index contributed by atoms with van der Waals surface area (Å²) in [7, 11) is 8.39. The van der Waals surface area contributed by atoms with Gasteiger partial charge in [-0.05, 0) is 36.9 Å². The second-order valence-corrected chi connectivity index (χ2v) is 7.75. The van der Waals surface area contributed by atoms with E-state index in [2.05, 4.69) is 34.3 Å². The molecule has 0 aromatic heterocycles. The lowest BCUT2D eigenvalue weighted by Crippen LogP contribution is -2.48. The average molecular weight is 444 g/mol. The zero-order valence-electron chi connectivity index (χ0n) is 19.5. The Balaban J connectivity index is 1.80. The van der Waals surface area contributed by atoms with Crippen LogP contribution in [0.25, 0.3) is 0 Å². The molecule has 1 fully saturated rings. The van der Waals surface area contributed by atoms with Gasteiger partial charge in [0.25, 0.3) is 5.91 Å². The number of amides is 1. The normalized spacial score (nSPS) is 15.7. The number of benzene rings is 2. The molecule has 8 heteroatoms. The van der Waals surface area contributed by atoms with Crippen molar-refractivity contribution in [2.75, 3.05) is 68.2 Å². The fourth-order valence-corrected chi connectivity index (χ4v) is 3.92. The van der Waals surface area contributed by atoms with E-state index in [1.165, 1.54) is 21.3 Å². The summed E-state index contributed by atoms with van der Waals surface area (Å²) in [4.78, 5) is 17.8. The SMILES string of the molecule is COc1ccc([C@H](CNC(=O)c2cc(OC)c(OC)c(OC)c2)N2CCN(C)CC2)cc1. The summed E-state index contributed by atoms with van der Waals surface area (Å²) < 4.78 is 21.4. The van der Waals surface area contributed by atoms with Gasteiger partial charge in [-0.15, -0.1) is 0 Å². The maximum absolute atomic E-state index is 13.0. The summed E-state index contributed by atoms with van der Waals surface area (Å²) in [5, 5.41) is 3.10. The number of ether oxygens (including phenoxy) is 4. The number of hydrogen-bond acceptors (Lipinski definition) is 7. The summed E-state index contributed by atoms with van der Waals surface area (Å²) in [6.07, 6.45) is 0. The molecule has 2 aromatic carbocycles. The molecule has 0 unspecified atom stereocenters. The van der Waals surface area contributed by atoms with Crippen molar-refractivity contribution in [2.24, 2.45) is 0 Å². The van der Waals surface area contributed by atoms with E-state index in [-0.39, 0.29) is 11.9 Å². The third-order valence-corrected chi connectivity index (χ3v) is 5.86. The molecule has 1 aliphatic heterocycles. The lowest BCUT2D eigenvalue weighted by Gasteiger charge is -2.38. The molecule has 0 aliphatic carbocycles. The second-order valence-electron chi connectivity index (χ2n) is 7.75. The van der Waals surface area contributed by atoms with Gasteiger partial charge in [-0.2, -0.15) is 0 Å². The Morgan fingerprint density at radius 1 is 0.906 bits per heavy atom. The van der Waals surface area contributed by atoms with E-state index >= 15 is 0 Å². The maximum atomic E-state index is 13.0. The van der Waals surface area contributed by atoms with Crippen LogP contribution >= 0.6 is 0 Å². The summed E-state index contributed by atoms with van der Waals surface area (Å²) in [6, 6.07) is 11.4. The zero-order valence-corrected chi connectivity index (χ0v) is 19.5. The maximum Gasteiger partial charge on any atom is 0.251 e. The predicted molar refractivity (Wildman–Crippen MR) is 123 cm³/mol. The minimum absolute atomic E-state index is 0.0561. The molecule has 2 aromatic rings. The highest BCUT2D eigenvalue weighted by Gasteiger charge is 2.25. The standard InChI is InChI=1S/C24H33N3O5/c1-26-10-12-27(13-11-26)20(17-6-8-19(29-2)9-7-17)16-25-24(28)18-14-21(30-3)23(32-5)22(15-18)31-4/h6-9,14-15,20H,10-13,16H2,1-5H3,(H,25,28)/t20-/m0/s1. The molecule has 1 heterocycles. The van der Waals surface area contributed by atoms with Crippen LogP contribution in [0.2, 0.25) is 0 Å². The van der Waals surface area contributed by atoms with Crippen LogP contribution in [0.4, 0.5) is 0 Å². The molecule has 1 amide bonds. The van der Waals surface area contributed by atoms with Gasteiger partial charge in [-0.1, -0.05) is 12.1 Å². The first kappa shape index (κ1) is 23.7. The van der Waals surface area contributed by atoms with Gasteiger partial charge >= 0.3 is 0 Å². The molecule has 1 saturated heterocycles. The van der Waals surface area contributed by atoms with Crippen LogP contribution in [0.5, 0.6) is 23.0 Å². The number of nitrogens with one attached hydrogen (secondary N) is 1. The van der Waals surface area contributed by atoms with Crippen molar-refractivity contribution in [1.29, 1.82) is 0 Å². The molecule has 174 valence electrons. The summed E-state index contributed by atoms with van der Waals surface area (Å²) in [5.74, 6) is 1.97. The summed E-state index contributed by atoms with van der Waals surface area (Å²) >= 11 is 0. The molecule has 32 heavy (non-hydrogen) atoms. The lowest BCUT2D eigenvalue weighted by molar-refractivity contribution is 0.0885. The number of carbonyl (C=O) groups excluding carboxylic acids is 1. The Morgan fingerprint density at radius 2 is 1.50 bits per heavy atom. The molecule has 1 aliphatic rings. The first-order valence-electron chi connectivity index (χ1n) is 10.7. The Hall–Kier alpha value is -2.97. The van der Waals surface area contributed by atoms with Crippen molar-refractivity contribution in [3.63, 3.8) is 0 Å². The number of carbonyl (C=O) groups is 1. The van der Waals surface area contributed by atoms with E-state index in [1.54, 1.807) is 19.2 Å². The monoisotopic (exact) mass is 443 g/mol. The zero-order chi connectivity index (χ0) is 23.1. The Bertz CT molecular complexity index is 870. The van der Waals surface area contributed by atoms with Crippen LogP contribution in [-0.4, -0.2) is 83.9 Å². The quantitative estimate of drug-likeness (QED) is 0.638. The Kier molecular flexibility index (Phi) is 8.19. The fraction of sp³-hybridized carbons (Fsp3) is 0.458. The predicted octanol–water partition coefficient (Wildman–Crippen LogP) is 2.44. The highest BCUT2D eigenvalue weighted by Crippen LogP contribution is 2.38. The highest BCUT2D eigenvalue weighted by molar-refractivity contribution is 5.95. The van der Waals surface area contributed by atoms with Crippen molar-refractivity contribution in [3.8, 4) is 23.0 Å². The smallest absolute Gasteiger partial charge is 0.251 e. The third-order valence-electron chi connectivity index (χ3n) is 5.86. The van der Waals surface area contributed by atoms with Crippen LogP contribution in [0.3, 0.4) is 0 Å². The first-order chi connectivity index (χ1) is 15.5. The molecule has 0 radical (unpaired) electrons. The Labute approximate surface area is 190 Å². The van der Waals surface area contributed by atoms with Crippen molar-refractivity contribution >= 4 is 5.91 Å². The molecule has 1 atom stereocenters. The van der Waals surface area contributed by atoms with E-state index in [9.17, 15) is 4.79 Å². The number of methoxy groups -OCH3 is 4. The molecular weight excluding hydrogens is 410 g/mol. The van der Waals surface area contributed by atoms with E-state index in [0.717, 1.165) is 37.5 Å². The van der Waals surface area contributed by atoms with E-state index in [1.807, 2.05) is 12.1 Å². The molecule has 1 N–H and O–H groups in total. The van der Waals surface area contributed by atoms with E-state index in [4.69, 9.17) is 18.9 Å². The summed E-state index contributed by atoms with van der Waals surface area (Å²) in [6.45, 7) is 4.34. The van der Waals surface area contributed by atoms with Crippen LogP contribution in [0.1, 0.15) is 22.0 Å². The number of likely N-dealkylation sites (N-methyl/N-ethyl adjacent to an activating group) is 1. The topological polar surface area (TPSA) is 72.5 Å². The molecule has 0 spiro atoms. The van der Waals surface area contributed by atoms with Crippen molar-refractivity contribution in [1.82, 2.24) is 15.1 Å². The van der Waals surface area contributed by atoms with Gasteiger partial charge in [-0.3, -0.25) is 9.69 Å². The molecule has 0 bridgehead atoms. The van der Waals surface area contributed by atoms with Crippen molar-refractivity contribution < 1.29 is 23.7 Å². The fourth-order valence-electron chi connectivity index (χ4n) is 3.92. The highest BCUT2D eigenvalue weighted by atomic mass is 16.5. The van der Waals surface area contributed by atoms with E-state index in [0.29, 0.717) is 29.4 Å². The number of rotatable bonds is 9. The summed E-state index contributed by atoms with van der Waals surface area (Å²) in [5.41, 5.74) is 1.59.